The highest BCUT2D eigenvalue weighted by Crippen LogP contribution is 2.43. The van der Waals surface area contributed by atoms with Gasteiger partial charge in [0, 0.05) is 30.9 Å². The minimum absolute atomic E-state index is 0.534. The van der Waals surface area contributed by atoms with E-state index in [4.69, 9.17) is 0 Å². The van der Waals surface area contributed by atoms with Crippen LogP contribution >= 0.6 is 0 Å². The van der Waals surface area contributed by atoms with Crippen LogP contribution in [0.1, 0.15) is 76.1 Å². The zero-order valence-electron chi connectivity index (χ0n) is 14.0. The number of aryl methyl sites for hydroxylation is 1. The Morgan fingerprint density at radius 1 is 1.33 bits per heavy atom. The van der Waals surface area contributed by atoms with Crippen molar-refractivity contribution in [1.29, 1.82) is 0 Å². The van der Waals surface area contributed by atoms with Gasteiger partial charge >= 0.3 is 0 Å². The maximum absolute atomic E-state index is 4.47. The Morgan fingerprint density at radius 2 is 2.10 bits per heavy atom. The van der Waals surface area contributed by atoms with Gasteiger partial charge in [0.2, 0.25) is 0 Å². The maximum Gasteiger partial charge on any atom is 0.0540 e. The van der Waals surface area contributed by atoms with Crippen molar-refractivity contribution in [3.8, 4) is 0 Å². The number of hydrogen-bond donors (Lipinski definition) is 1. The second-order valence-corrected chi connectivity index (χ2v) is 7.80. The van der Waals surface area contributed by atoms with E-state index < -0.39 is 0 Å². The highest BCUT2D eigenvalue weighted by Gasteiger charge is 2.35. The number of rotatable bonds is 5. The fourth-order valence-corrected chi connectivity index (χ4v) is 4.70. The standard InChI is InChI=1S/C18H31N3/c1-14(2)11-18(9-4-5-10-18)13-19-16-7-6-8-17-15(16)12-20-21(17)3/h12,14,16,19H,4-11,13H2,1-3H3. The molecular weight excluding hydrogens is 258 g/mol. The van der Waals surface area contributed by atoms with E-state index in [-0.39, 0.29) is 0 Å². The van der Waals surface area contributed by atoms with Crippen LogP contribution in [0.3, 0.4) is 0 Å². The molecule has 1 saturated carbocycles. The zero-order valence-corrected chi connectivity index (χ0v) is 14.0. The van der Waals surface area contributed by atoms with E-state index in [0.29, 0.717) is 11.5 Å². The monoisotopic (exact) mass is 289 g/mol. The van der Waals surface area contributed by atoms with E-state index in [2.05, 4.69) is 42.2 Å². The lowest BCUT2D eigenvalue weighted by Crippen LogP contribution is -2.36. The molecule has 1 aromatic heterocycles. The average Bonchev–Trinajstić information content (AvgIpc) is 3.05. The van der Waals surface area contributed by atoms with Crippen molar-refractivity contribution in [2.75, 3.05) is 6.54 Å². The number of fused-ring (bicyclic) bond motifs is 1. The van der Waals surface area contributed by atoms with Crippen molar-refractivity contribution < 1.29 is 0 Å². The van der Waals surface area contributed by atoms with E-state index >= 15 is 0 Å². The Hall–Kier alpha value is -0.830. The summed E-state index contributed by atoms with van der Waals surface area (Å²) in [5.41, 5.74) is 3.47. The molecule has 0 spiro atoms. The van der Waals surface area contributed by atoms with Crippen molar-refractivity contribution in [1.82, 2.24) is 15.1 Å². The Bertz CT molecular complexity index is 469. The molecule has 1 unspecified atom stereocenters. The zero-order chi connectivity index (χ0) is 14.9. The molecule has 0 aliphatic heterocycles. The first-order valence-corrected chi connectivity index (χ1v) is 8.84. The molecule has 1 heterocycles. The van der Waals surface area contributed by atoms with E-state index in [1.165, 1.54) is 69.2 Å². The van der Waals surface area contributed by atoms with E-state index in [1.807, 2.05) is 0 Å². The SMILES string of the molecule is CC(C)CC1(CNC2CCCc3c2cnn3C)CCCC1. The van der Waals surface area contributed by atoms with Gasteiger partial charge in [0.15, 0.2) is 0 Å². The minimum atomic E-state index is 0.534. The van der Waals surface area contributed by atoms with Gasteiger partial charge in [0.1, 0.15) is 0 Å². The molecule has 1 aromatic rings. The lowest BCUT2D eigenvalue weighted by Gasteiger charge is -2.34. The van der Waals surface area contributed by atoms with Gasteiger partial charge in [-0.15, -0.1) is 0 Å². The van der Waals surface area contributed by atoms with Crippen LogP contribution < -0.4 is 5.32 Å². The Morgan fingerprint density at radius 3 is 2.81 bits per heavy atom. The molecule has 0 radical (unpaired) electrons. The lowest BCUT2D eigenvalue weighted by molar-refractivity contribution is 0.211. The summed E-state index contributed by atoms with van der Waals surface area (Å²) < 4.78 is 2.07. The predicted octanol–water partition coefficient (Wildman–Crippen LogP) is 3.99. The molecule has 0 saturated heterocycles. The molecule has 1 fully saturated rings. The summed E-state index contributed by atoms with van der Waals surface area (Å²) in [5.74, 6) is 0.810. The van der Waals surface area contributed by atoms with Gasteiger partial charge in [-0.2, -0.15) is 5.10 Å². The van der Waals surface area contributed by atoms with Gasteiger partial charge in [-0.1, -0.05) is 26.7 Å². The molecule has 3 heteroatoms. The quantitative estimate of drug-likeness (QED) is 0.888. The number of aromatic nitrogens is 2. The van der Waals surface area contributed by atoms with E-state index in [0.717, 1.165) is 5.92 Å². The normalized spacial score (nSPS) is 24.5. The van der Waals surface area contributed by atoms with Crippen LogP contribution in [0.15, 0.2) is 6.20 Å². The van der Waals surface area contributed by atoms with Crippen LogP contribution in [0.4, 0.5) is 0 Å². The molecule has 2 aliphatic carbocycles. The second kappa shape index (κ2) is 6.12. The maximum atomic E-state index is 4.47. The van der Waals surface area contributed by atoms with Gasteiger partial charge < -0.3 is 5.32 Å². The van der Waals surface area contributed by atoms with Crippen molar-refractivity contribution in [3.63, 3.8) is 0 Å². The third kappa shape index (κ3) is 3.18. The van der Waals surface area contributed by atoms with Crippen molar-refractivity contribution >= 4 is 0 Å². The molecule has 3 nitrogen and oxygen atoms in total. The minimum Gasteiger partial charge on any atom is -0.309 e. The average molecular weight is 289 g/mol. The van der Waals surface area contributed by atoms with E-state index in [1.54, 1.807) is 0 Å². The molecular formula is C18H31N3. The third-order valence-corrected chi connectivity index (χ3v) is 5.60. The molecule has 0 aromatic carbocycles. The molecule has 2 aliphatic rings. The van der Waals surface area contributed by atoms with Gasteiger partial charge in [-0.25, -0.2) is 0 Å². The van der Waals surface area contributed by atoms with Crippen molar-refractivity contribution in [2.24, 2.45) is 18.4 Å². The van der Waals surface area contributed by atoms with Crippen LogP contribution in [0.2, 0.25) is 0 Å². The van der Waals surface area contributed by atoms with Crippen molar-refractivity contribution in [2.45, 2.75) is 71.3 Å². The highest BCUT2D eigenvalue weighted by atomic mass is 15.3. The molecule has 1 atom stereocenters. The third-order valence-electron chi connectivity index (χ3n) is 5.60. The topological polar surface area (TPSA) is 29.9 Å². The van der Waals surface area contributed by atoms with Crippen LogP contribution in [0.25, 0.3) is 0 Å². The molecule has 21 heavy (non-hydrogen) atoms. The summed E-state index contributed by atoms with van der Waals surface area (Å²) in [7, 11) is 2.08. The Labute approximate surface area is 129 Å². The number of nitrogens with zero attached hydrogens (tertiary/aromatic N) is 2. The Balaban J connectivity index is 1.67. The first kappa shape index (κ1) is 15.1. The second-order valence-electron chi connectivity index (χ2n) is 7.80. The molecule has 0 bridgehead atoms. The molecule has 0 amide bonds. The Kier molecular flexibility index (Phi) is 4.39. The predicted molar refractivity (Wildman–Crippen MR) is 87.2 cm³/mol. The molecule has 1 N–H and O–H groups in total. The lowest BCUT2D eigenvalue weighted by atomic mass is 9.78. The van der Waals surface area contributed by atoms with Gasteiger partial charge in [-0.3, -0.25) is 4.68 Å². The fraction of sp³-hybridized carbons (Fsp3) is 0.833. The largest absolute Gasteiger partial charge is 0.309 e. The summed E-state index contributed by atoms with van der Waals surface area (Å²) in [6, 6.07) is 0.534. The highest BCUT2D eigenvalue weighted by molar-refractivity contribution is 5.24. The van der Waals surface area contributed by atoms with Crippen LogP contribution in [0.5, 0.6) is 0 Å². The molecule has 118 valence electrons. The van der Waals surface area contributed by atoms with E-state index in [9.17, 15) is 0 Å². The number of hydrogen-bond acceptors (Lipinski definition) is 2. The number of nitrogens with one attached hydrogen (secondary N) is 1. The first-order chi connectivity index (χ1) is 10.1. The van der Waals surface area contributed by atoms with Crippen LogP contribution in [0, 0.1) is 11.3 Å². The van der Waals surface area contributed by atoms with Gasteiger partial charge in [0.05, 0.1) is 6.20 Å². The van der Waals surface area contributed by atoms with Crippen LogP contribution in [-0.4, -0.2) is 16.3 Å². The summed E-state index contributed by atoms with van der Waals surface area (Å²) in [5, 5.41) is 8.40. The smallest absolute Gasteiger partial charge is 0.0540 e. The summed E-state index contributed by atoms with van der Waals surface area (Å²) in [6.07, 6.45) is 12.9. The fourth-order valence-electron chi connectivity index (χ4n) is 4.70. The summed E-state index contributed by atoms with van der Waals surface area (Å²) in [4.78, 5) is 0. The van der Waals surface area contributed by atoms with Gasteiger partial charge in [0.25, 0.3) is 0 Å². The summed E-state index contributed by atoms with van der Waals surface area (Å²) >= 11 is 0. The van der Waals surface area contributed by atoms with Gasteiger partial charge in [-0.05, 0) is 49.9 Å². The molecule has 3 rings (SSSR count). The van der Waals surface area contributed by atoms with Crippen molar-refractivity contribution in [3.05, 3.63) is 17.5 Å². The summed E-state index contributed by atoms with van der Waals surface area (Å²) in [6.45, 7) is 5.95. The van der Waals surface area contributed by atoms with Crippen LogP contribution in [-0.2, 0) is 13.5 Å². The first-order valence-electron chi connectivity index (χ1n) is 8.84.